The van der Waals surface area contributed by atoms with Gasteiger partial charge in [0.2, 0.25) is 11.7 Å². The Hall–Kier alpha value is -3.06. The first-order valence-corrected chi connectivity index (χ1v) is 8.21. The minimum atomic E-state index is -0.269. The Morgan fingerprint density at radius 3 is 2.85 bits per heavy atom. The first-order valence-electron chi connectivity index (χ1n) is 7.83. The maximum absolute atomic E-state index is 13.4. The third-order valence-electron chi connectivity index (χ3n) is 3.81. The maximum Gasteiger partial charge on any atom is 0.218 e. The number of rotatable bonds is 4. The second-order valence-electron chi connectivity index (χ2n) is 5.74. The molecule has 2 heterocycles. The third-order valence-corrected chi connectivity index (χ3v) is 4.04. The zero-order chi connectivity index (χ0) is 18.1. The summed E-state index contributed by atoms with van der Waals surface area (Å²) in [5, 5.41) is 12.9. The largest absolute Gasteiger partial charge is 0.439 e. The highest BCUT2D eigenvalue weighted by molar-refractivity contribution is 6.30. The Labute approximate surface area is 153 Å². The van der Waals surface area contributed by atoms with E-state index in [0.717, 1.165) is 5.56 Å². The molecule has 130 valence electrons. The molecule has 8 heteroatoms. The number of oxazole rings is 1. The van der Waals surface area contributed by atoms with Gasteiger partial charge in [-0.3, -0.25) is 0 Å². The van der Waals surface area contributed by atoms with E-state index in [4.69, 9.17) is 16.0 Å². The molecule has 0 N–H and O–H groups in total. The van der Waals surface area contributed by atoms with Crippen molar-refractivity contribution in [3.8, 4) is 22.7 Å². The van der Waals surface area contributed by atoms with Crippen LogP contribution in [-0.4, -0.2) is 25.2 Å². The summed E-state index contributed by atoms with van der Waals surface area (Å²) in [6, 6.07) is 12.0. The first kappa shape index (κ1) is 16.4. The predicted octanol–water partition coefficient (Wildman–Crippen LogP) is 4.14. The molecule has 0 aliphatic heterocycles. The molecule has 0 saturated carbocycles. The number of benzene rings is 2. The van der Waals surface area contributed by atoms with Crippen molar-refractivity contribution in [2.45, 2.75) is 13.5 Å². The number of aryl methyl sites for hydroxylation is 1. The predicted molar refractivity (Wildman–Crippen MR) is 94.0 cm³/mol. The van der Waals surface area contributed by atoms with E-state index in [9.17, 15) is 4.39 Å². The number of halogens is 2. The second kappa shape index (κ2) is 6.68. The SMILES string of the molecule is Cc1cc(-c2nnn(Cc3ncc(-c4cccc(Cl)c4)o3)n2)ccc1F. The van der Waals surface area contributed by atoms with E-state index in [-0.39, 0.29) is 12.4 Å². The fraction of sp³-hybridized carbons (Fsp3) is 0.111. The van der Waals surface area contributed by atoms with Crippen molar-refractivity contribution in [2.24, 2.45) is 0 Å². The van der Waals surface area contributed by atoms with Crippen molar-refractivity contribution in [3.63, 3.8) is 0 Å². The average Bonchev–Trinajstić information content (AvgIpc) is 3.28. The van der Waals surface area contributed by atoms with Gasteiger partial charge in [0.15, 0.2) is 5.76 Å². The Kier molecular flexibility index (Phi) is 4.22. The molecule has 0 saturated heterocycles. The van der Waals surface area contributed by atoms with Crippen molar-refractivity contribution < 1.29 is 8.81 Å². The Morgan fingerprint density at radius 2 is 2.04 bits per heavy atom. The average molecular weight is 370 g/mol. The molecule has 0 bridgehead atoms. The van der Waals surface area contributed by atoms with Gasteiger partial charge in [-0.15, -0.1) is 10.2 Å². The molecule has 0 radical (unpaired) electrons. The summed E-state index contributed by atoms with van der Waals surface area (Å²) in [5.74, 6) is 1.19. The van der Waals surface area contributed by atoms with Crippen LogP contribution in [0.1, 0.15) is 11.5 Å². The molecule has 0 aliphatic rings. The molecule has 4 aromatic rings. The highest BCUT2D eigenvalue weighted by Crippen LogP contribution is 2.23. The molecular formula is C18H13ClFN5O. The van der Waals surface area contributed by atoms with Gasteiger partial charge in [-0.25, -0.2) is 9.37 Å². The molecule has 0 amide bonds. The fourth-order valence-electron chi connectivity index (χ4n) is 2.49. The normalized spacial score (nSPS) is 11.0. The van der Waals surface area contributed by atoms with Gasteiger partial charge in [0.05, 0.1) is 6.20 Å². The zero-order valence-electron chi connectivity index (χ0n) is 13.7. The van der Waals surface area contributed by atoms with E-state index in [0.29, 0.717) is 33.6 Å². The topological polar surface area (TPSA) is 69.6 Å². The Balaban J connectivity index is 1.53. The Bertz CT molecular complexity index is 1070. The summed E-state index contributed by atoms with van der Waals surface area (Å²) >= 11 is 6.00. The minimum absolute atomic E-state index is 0.230. The molecule has 2 aromatic heterocycles. The molecule has 4 rings (SSSR count). The van der Waals surface area contributed by atoms with Gasteiger partial charge in [-0.05, 0) is 48.0 Å². The molecule has 2 aromatic carbocycles. The van der Waals surface area contributed by atoms with Crippen LogP contribution < -0.4 is 0 Å². The Morgan fingerprint density at radius 1 is 1.15 bits per heavy atom. The molecule has 0 fully saturated rings. The summed E-state index contributed by atoms with van der Waals surface area (Å²) in [6.07, 6.45) is 1.63. The molecule has 6 nitrogen and oxygen atoms in total. The van der Waals surface area contributed by atoms with E-state index in [1.807, 2.05) is 12.1 Å². The van der Waals surface area contributed by atoms with Crippen molar-refractivity contribution >= 4 is 11.6 Å². The summed E-state index contributed by atoms with van der Waals surface area (Å²) in [4.78, 5) is 5.61. The van der Waals surface area contributed by atoms with Crippen LogP contribution in [0.2, 0.25) is 5.02 Å². The van der Waals surface area contributed by atoms with Crippen LogP contribution >= 0.6 is 11.6 Å². The fourth-order valence-corrected chi connectivity index (χ4v) is 2.68. The molecular weight excluding hydrogens is 357 g/mol. The van der Waals surface area contributed by atoms with Gasteiger partial charge in [0.25, 0.3) is 0 Å². The summed E-state index contributed by atoms with van der Waals surface area (Å²) in [7, 11) is 0. The number of nitrogens with zero attached hydrogens (tertiary/aromatic N) is 5. The van der Waals surface area contributed by atoms with E-state index in [1.54, 1.807) is 37.4 Å². The van der Waals surface area contributed by atoms with Crippen molar-refractivity contribution in [3.05, 3.63) is 71.0 Å². The van der Waals surface area contributed by atoms with E-state index < -0.39 is 0 Å². The molecule has 0 aliphatic carbocycles. The van der Waals surface area contributed by atoms with Gasteiger partial charge in [-0.1, -0.05) is 23.7 Å². The van der Waals surface area contributed by atoms with Crippen molar-refractivity contribution in [1.29, 1.82) is 0 Å². The second-order valence-corrected chi connectivity index (χ2v) is 6.17. The van der Waals surface area contributed by atoms with Gasteiger partial charge >= 0.3 is 0 Å². The quantitative estimate of drug-likeness (QED) is 0.540. The van der Waals surface area contributed by atoms with E-state index in [2.05, 4.69) is 20.4 Å². The van der Waals surface area contributed by atoms with Crippen LogP contribution in [0.5, 0.6) is 0 Å². The lowest BCUT2D eigenvalue weighted by atomic mass is 10.1. The molecule has 0 unspecified atom stereocenters. The highest BCUT2D eigenvalue weighted by atomic mass is 35.5. The van der Waals surface area contributed by atoms with Crippen LogP contribution in [-0.2, 0) is 6.54 Å². The van der Waals surface area contributed by atoms with Gasteiger partial charge in [0.1, 0.15) is 12.4 Å². The number of tetrazole rings is 1. The van der Waals surface area contributed by atoms with Gasteiger partial charge < -0.3 is 4.42 Å². The van der Waals surface area contributed by atoms with Crippen LogP contribution in [0.3, 0.4) is 0 Å². The van der Waals surface area contributed by atoms with Crippen LogP contribution in [0.15, 0.2) is 53.1 Å². The van der Waals surface area contributed by atoms with Gasteiger partial charge in [0, 0.05) is 16.1 Å². The van der Waals surface area contributed by atoms with Crippen LogP contribution in [0.4, 0.5) is 4.39 Å². The maximum atomic E-state index is 13.4. The third kappa shape index (κ3) is 3.34. The minimum Gasteiger partial charge on any atom is -0.439 e. The van der Waals surface area contributed by atoms with Crippen molar-refractivity contribution in [2.75, 3.05) is 0 Å². The number of hydrogen-bond acceptors (Lipinski definition) is 5. The lowest BCUT2D eigenvalue weighted by molar-refractivity contribution is 0.446. The number of hydrogen-bond donors (Lipinski definition) is 0. The van der Waals surface area contributed by atoms with E-state index >= 15 is 0 Å². The van der Waals surface area contributed by atoms with Crippen LogP contribution in [0.25, 0.3) is 22.7 Å². The van der Waals surface area contributed by atoms with Crippen molar-refractivity contribution in [1.82, 2.24) is 25.2 Å². The highest BCUT2D eigenvalue weighted by Gasteiger charge is 2.11. The zero-order valence-corrected chi connectivity index (χ0v) is 14.5. The summed E-state index contributed by atoms with van der Waals surface area (Å²) in [6.45, 7) is 1.92. The monoisotopic (exact) mass is 369 g/mol. The number of aromatic nitrogens is 5. The lowest BCUT2D eigenvalue weighted by Crippen LogP contribution is -2.04. The molecule has 0 atom stereocenters. The summed E-state index contributed by atoms with van der Waals surface area (Å²) in [5.41, 5.74) is 2.06. The van der Waals surface area contributed by atoms with E-state index in [1.165, 1.54) is 10.9 Å². The standard InChI is InChI=1S/C18H13ClFN5O/c1-11-7-13(5-6-15(11)20)18-22-24-25(23-18)10-17-21-9-16(26-17)12-3-2-4-14(19)8-12/h2-9H,10H2,1H3. The van der Waals surface area contributed by atoms with Gasteiger partial charge in [-0.2, -0.15) is 4.80 Å². The smallest absolute Gasteiger partial charge is 0.218 e. The summed E-state index contributed by atoms with van der Waals surface area (Å²) < 4.78 is 19.1. The molecule has 0 spiro atoms. The first-order chi connectivity index (χ1) is 12.6. The van der Waals surface area contributed by atoms with Crippen LogP contribution in [0, 0.1) is 12.7 Å². The lowest BCUT2D eigenvalue weighted by Gasteiger charge is -1.98. The molecule has 26 heavy (non-hydrogen) atoms.